The smallest absolute Gasteiger partial charge is 0.257 e. The summed E-state index contributed by atoms with van der Waals surface area (Å²) in [5.74, 6) is 0.127. The zero-order chi connectivity index (χ0) is 19.2. The molecule has 0 aliphatic carbocycles. The molecule has 3 rings (SSSR count). The fourth-order valence-electron chi connectivity index (χ4n) is 3.04. The Balaban J connectivity index is 1.73. The van der Waals surface area contributed by atoms with Gasteiger partial charge in [0.15, 0.2) is 0 Å². The van der Waals surface area contributed by atoms with Crippen molar-refractivity contribution in [1.82, 2.24) is 9.80 Å². The van der Waals surface area contributed by atoms with Crippen LogP contribution in [-0.2, 0) is 4.74 Å². The van der Waals surface area contributed by atoms with Gasteiger partial charge in [0, 0.05) is 18.7 Å². The average molecular weight is 372 g/mol. The molecule has 1 heterocycles. The van der Waals surface area contributed by atoms with E-state index in [1.54, 1.807) is 35.2 Å². The second-order valence-corrected chi connectivity index (χ2v) is 6.78. The van der Waals surface area contributed by atoms with Gasteiger partial charge in [0.2, 0.25) is 0 Å². The standard InChI is InChI=1S/C21H25FN2O3/c1-23(2)11-13-26-19-10-6-4-8-17(19)21(25)24-12-14-27-20(15-24)16-7-3-5-9-18(16)22/h3-10,20H,11-15H2,1-2H3. The van der Waals surface area contributed by atoms with Crippen LogP contribution in [0.25, 0.3) is 0 Å². The number of nitrogens with zero attached hydrogens (tertiary/aromatic N) is 2. The van der Waals surface area contributed by atoms with Crippen LogP contribution in [0.1, 0.15) is 22.0 Å². The average Bonchev–Trinajstić information content (AvgIpc) is 2.68. The molecule has 0 bridgehead atoms. The van der Waals surface area contributed by atoms with Crippen LogP contribution >= 0.6 is 0 Å². The number of carbonyl (C=O) groups is 1. The molecule has 0 aromatic heterocycles. The lowest BCUT2D eigenvalue weighted by Crippen LogP contribution is -2.42. The van der Waals surface area contributed by atoms with Crippen LogP contribution in [0.4, 0.5) is 4.39 Å². The molecule has 2 aromatic rings. The quantitative estimate of drug-likeness (QED) is 0.782. The van der Waals surface area contributed by atoms with Gasteiger partial charge >= 0.3 is 0 Å². The highest BCUT2D eigenvalue weighted by Crippen LogP contribution is 2.27. The van der Waals surface area contributed by atoms with Crippen LogP contribution in [0.3, 0.4) is 0 Å². The van der Waals surface area contributed by atoms with Crippen molar-refractivity contribution < 1.29 is 18.7 Å². The number of morpholine rings is 1. The van der Waals surface area contributed by atoms with Crippen LogP contribution < -0.4 is 4.74 Å². The predicted molar refractivity (Wildman–Crippen MR) is 101 cm³/mol. The van der Waals surface area contributed by atoms with Crippen molar-refractivity contribution in [3.63, 3.8) is 0 Å². The van der Waals surface area contributed by atoms with E-state index >= 15 is 0 Å². The SMILES string of the molecule is CN(C)CCOc1ccccc1C(=O)N1CCOC(c2ccccc2F)C1. The first-order valence-corrected chi connectivity index (χ1v) is 9.08. The number of hydrogen-bond acceptors (Lipinski definition) is 4. The van der Waals surface area contributed by atoms with Crippen molar-refractivity contribution >= 4 is 5.91 Å². The largest absolute Gasteiger partial charge is 0.491 e. The molecular weight excluding hydrogens is 347 g/mol. The molecular formula is C21H25FN2O3. The fraction of sp³-hybridized carbons (Fsp3) is 0.381. The Morgan fingerprint density at radius 1 is 1.22 bits per heavy atom. The minimum absolute atomic E-state index is 0.125. The van der Waals surface area contributed by atoms with Gasteiger partial charge in [0.25, 0.3) is 5.91 Å². The van der Waals surface area contributed by atoms with Crippen LogP contribution in [0, 0.1) is 5.82 Å². The van der Waals surface area contributed by atoms with Gasteiger partial charge in [0.05, 0.1) is 18.7 Å². The zero-order valence-corrected chi connectivity index (χ0v) is 15.7. The van der Waals surface area contributed by atoms with E-state index in [0.717, 1.165) is 6.54 Å². The second-order valence-electron chi connectivity index (χ2n) is 6.78. The molecule has 0 saturated carbocycles. The molecule has 1 unspecified atom stereocenters. The summed E-state index contributed by atoms with van der Waals surface area (Å²) >= 11 is 0. The fourth-order valence-corrected chi connectivity index (χ4v) is 3.04. The van der Waals surface area contributed by atoms with E-state index in [0.29, 0.717) is 43.2 Å². The second kappa shape index (κ2) is 8.97. The van der Waals surface area contributed by atoms with E-state index in [4.69, 9.17) is 9.47 Å². The molecule has 6 heteroatoms. The van der Waals surface area contributed by atoms with Gasteiger partial charge in [-0.05, 0) is 32.3 Å². The molecule has 2 aromatic carbocycles. The number of rotatable bonds is 6. The van der Waals surface area contributed by atoms with Gasteiger partial charge in [-0.3, -0.25) is 4.79 Å². The first kappa shape index (κ1) is 19.3. The van der Waals surface area contributed by atoms with E-state index in [1.165, 1.54) is 6.07 Å². The Morgan fingerprint density at radius 3 is 2.74 bits per heavy atom. The maximum absolute atomic E-state index is 14.1. The van der Waals surface area contributed by atoms with Crippen molar-refractivity contribution in [2.24, 2.45) is 0 Å². The van der Waals surface area contributed by atoms with Gasteiger partial charge in [-0.25, -0.2) is 4.39 Å². The molecule has 1 aliphatic rings. The van der Waals surface area contributed by atoms with Gasteiger partial charge in [-0.2, -0.15) is 0 Å². The molecule has 27 heavy (non-hydrogen) atoms. The third kappa shape index (κ3) is 4.84. The highest BCUT2D eigenvalue weighted by molar-refractivity contribution is 5.97. The first-order valence-electron chi connectivity index (χ1n) is 9.08. The molecule has 1 atom stereocenters. The van der Waals surface area contributed by atoms with Crippen LogP contribution in [0.15, 0.2) is 48.5 Å². The normalized spacial score (nSPS) is 17.2. The van der Waals surface area contributed by atoms with E-state index in [-0.39, 0.29) is 11.7 Å². The van der Waals surface area contributed by atoms with E-state index in [9.17, 15) is 9.18 Å². The number of para-hydroxylation sites is 1. The topological polar surface area (TPSA) is 42.0 Å². The molecule has 1 amide bonds. The molecule has 1 fully saturated rings. The molecule has 144 valence electrons. The number of likely N-dealkylation sites (N-methyl/N-ethyl adjacent to an activating group) is 1. The zero-order valence-electron chi connectivity index (χ0n) is 15.7. The lowest BCUT2D eigenvalue weighted by molar-refractivity contribution is -0.0244. The molecule has 1 aliphatic heterocycles. The van der Waals surface area contributed by atoms with E-state index < -0.39 is 6.10 Å². The first-order chi connectivity index (χ1) is 13.1. The lowest BCUT2D eigenvalue weighted by atomic mass is 10.1. The lowest BCUT2D eigenvalue weighted by Gasteiger charge is -2.33. The highest BCUT2D eigenvalue weighted by Gasteiger charge is 2.28. The van der Waals surface area contributed by atoms with Crippen LogP contribution in [-0.4, -0.2) is 62.7 Å². The Kier molecular flexibility index (Phi) is 6.42. The monoisotopic (exact) mass is 372 g/mol. The van der Waals surface area contributed by atoms with Crippen molar-refractivity contribution in [1.29, 1.82) is 0 Å². The van der Waals surface area contributed by atoms with Gasteiger partial charge in [-0.1, -0.05) is 30.3 Å². The Labute approximate surface area is 159 Å². The predicted octanol–water partition coefficient (Wildman–Crippen LogP) is 2.98. The number of amides is 1. The Bertz CT molecular complexity index is 782. The number of ether oxygens (including phenoxy) is 2. The van der Waals surface area contributed by atoms with Crippen molar-refractivity contribution in [2.75, 3.05) is 46.9 Å². The highest BCUT2D eigenvalue weighted by atomic mass is 19.1. The summed E-state index contributed by atoms with van der Waals surface area (Å²) in [6.07, 6.45) is -0.467. The van der Waals surface area contributed by atoms with Crippen molar-refractivity contribution in [3.05, 3.63) is 65.5 Å². The summed E-state index contributed by atoms with van der Waals surface area (Å²) < 4.78 is 25.6. The summed E-state index contributed by atoms with van der Waals surface area (Å²) in [5, 5.41) is 0. The molecule has 0 N–H and O–H groups in total. The van der Waals surface area contributed by atoms with E-state index in [2.05, 4.69) is 0 Å². The third-order valence-electron chi connectivity index (χ3n) is 4.52. The third-order valence-corrected chi connectivity index (χ3v) is 4.52. The van der Waals surface area contributed by atoms with Gasteiger partial charge in [-0.15, -0.1) is 0 Å². The van der Waals surface area contributed by atoms with Crippen molar-refractivity contribution in [2.45, 2.75) is 6.10 Å². The summed E-state index contributed by atoms with van der Waals surface area (Å²) in [7, 11) is 3.94. The summed E-state index contributed by atoms with van der Waals surface area (Å²) in [5.41, 5.74) is 0.996. The van der Waals surface area contributed by atoms with Crippen LogP contribution in [0.2, 0.25) is 0 Å². The Morgan fingerprint density at radius 2 is 1.96 bits per heavy atom. The van der Waals surface area contributed by atoms with Crippen molar-refractivity contribution in [3.8, 4) is 5.75 Å². The maximum atomic E-state index is 14.1. The Hall–Kier alpha value is -2.44. The molecule has 0 spiro atoms. The molecule has 1 saturated heterocycles. The number of benzene rings is 2. The maximum Gasteiger partial charge on any atom is 0.257 e. The minimum atomic E-state index is -0.467. The summed E-state index contributed by atoms with van der Waals surface area (Å²) in [6, 6.07) is 13.8. The minimum Gasteiger partial charge on any atom is -0.491 e. The summed E-state index contributed by atoms with van der Waals surface area (Å²) in [4.78, 5) is 16.8. The number of halogens is 1. The molecule has 5 nitrogen and oxygen atoms in total. The van der Waals surface area contributed by atoms with Gasteiger partial charge < -0.3 is 19.3 Å². The number of hydrogen-bond donors (Lipinski definition) is 0. The van der Waals surface area contributed by atoms with E-state index in [1.807, 2.05) is 31.1 Å². The molecule has 0 radical (unpaired) electrons. The number of carbonyl (C=O) groups excluding carboxylic acids is 1. The van der Waals surface area contributed by atoms with Crippen LogP contribution in [0.5, 0.6) is 5.75 Å². The summed E-state index contributed by atoms with van der Waals surface area (Å²) in [6.45, 7) is 2.41. The van der Waals surface area contributed by atoms with Gasteiger partial charge in [0.1, 0.15) is 24.3 Å².